The van der Waals surface area contributed by atoms with Crippen molar-refractivity contribution in [2.45, 2.75) is 25.7 Å². The summed E-state index contributed by atoms with van der Waals surface area (Å²) in [5.41, 5.74) is 4.54. The number of hydrogen-bond acceptors (Lipinski definition) is 3. The molecular formula is C13H16BrCl2N3. The molecule has 0 unspecified atom stereocenters. The number of rotatable bonds is 3. The number of anilines is 1. The zero-order chi connectivity index (χ0) is 12.8. The summed E-state index contributed by atoms with van der Waals surface area (Å²) < 4.78 is 0. The van der Waals surface area contributed by atoms with E-state index in [-0.39, 0.29) is 17.0 Å². The fraction of sp³-hybridized carbons (Fsp3) is 0.385. The van der Waals surface area contributed by atoms with Crippen molar-refractivity contribution in [2.24, 2.45) is 10.1 Å². The molecule has 1 aliphatic heterocycles. The van der Waals surface area contributed by atoms with Crippen LogP contribution < -0.4 is 5.43 Å². The average Bonchev–Trinajstić information content (AvgIpc) is 2.61. The van der Waals surface area contributed by atoms with Crippen LogP contribution in [0.15, 0.2) is 28.3 Å². The van der Waals surface area contributed by atoms with Crippen LogP contribution in [-0.2, 0) is 0 Å². The highest BCUT2D eigenvalue weighted by molar-refractivity contribution is 8.93. The Labute approximate surface area is 133 Å². The van der Waals surface area contributed by atoms with Crippen molar-refractivity contribution < 1.29 is 0 Å². The normalized spacial score (nSPS) is 15.6. The molecule has 2 rings (SSSR count). The van der Waals surface area contributed by atoms with Crippen LogP contribution in [0.3, 0.4) is 0 Å². The Balaban J connectivity index is 0.00000180. The molecule has 0 saturated heterocycles. The molecule has 0 radical (unpaired) electrons. The van der Waals surface area contributed by atoms with E-state index in [1.807, 2.05) is 0 Å². The molecule has 1 aromatic carbocycles. The number of para-hydroxylation sites is 1. The number of hydrogen-bond donors (Lipinski definition) is 1. The molecule has 1 aromatic rings. The first-order valence-corrected chi connectivity index (χ1v) is 6.79. The van der Waals surface area contributed by atoms with Gasteiger partial charge in [0.15, 0.2) is 0 Å². The molecule has 0 spiro atoms. The van der Waals surface area contributed by atoms with Crippen molar-refractivity contribution in [1.29, 1.82) is 0 Å². The van der Waals surface area contributed by atoms with Crippen molar-refractivity contribution >= 4 is 57.8 Å². The van der Waals surface area contributed by atoms with Gasteiger partial charge in [-0.25, -0.2) is 0 Å². The van der Waals surface area contributed by atoms with Crippen LogP contribution in [0.5, 0.6) is 0 Å². The predicted octanol–water partition coefficient (Wildman–Crippen LogP) is 4.98. The van der Waals surface area contributed by atoms with Gasteiger partial charge in [-0.15, -0.1) is 17.0 Å². The molecule has 104 valence electrons. The van der Waals surface area contributed by atoms with Gasteiger partial charge >= 0.3 is 0 Å². The predicted molar refractivity (Wildman–Crippen MR) is 89.7 cm³/mol. The van der Waals surface area contributed by atoms with E-state index in [4.69, 9.17) is 23.2 Å². The van der Waals surface area contributed by atoms with Gasteiger partial charge in [0.2, 0.25) is 0 Å². The summed E-state index contributed by atoms with van der Waals surface area (Å²) in [5, 5.41) is 5.27. The van der Waals surface area contributed by atoms with Crippen molar-refractivity contribution in [3.8, 4) is 0 Å². The van der Waals surface area contributed by atoms with Crippen LogP contribution in [0, 0.1) is 0 Å². The van der Waals surface area contributed by atoms with E-state index in [1.54, 1.807) is 24.4 Å². The van der Waals surface area contributed by atoms with Crippen molar-refractivity contribution in [1.82, 2.24) is 0 Å². The topological polar surface area (TPSA) is 36.8 Å². The van der Waals surface area contributed by atoms with Crippen LogP contribution >= 0.6 is 40.2 Å². The van der Waals surface area contributed by atoms with Crippen LogP contribution in [0.25, 0.3) is 0 Å². The number of hydrazone groups is 1. The molecule has 1 aliphatic rings. The maximum Gasteiger partial charge on any atom is 0.0934 e. The third kappa shape index (κ3) is 5.13. The summed E-state index contributed by atoms with van der Waals surface area (Å²) in [6, 6.07) is 5.35. The monoisotopic (exact) mass is 363 g/mol. The van der Waals surface area contributed by atoms with Gasteiger partial charge in [0, 0.05) is 6.54 Å². The summed E-state index contributed by atoms with van der Waals surface area (Å²) in [6.07, 6.45) is 6.33. The van der Waals surface area contributed by atoms with E-state index in [9.17, 15) is 0 Å². The highest BCUT2D eigenvalue weighted by atomic mass is 79.9. The van der Waals surface area contributed by atoms with Crippen molar-refractivity contribution in [3.05, 3.63) is 28.2 Å². The summed E-state index contributed by atoms with van der Waals surface area (Å²) in [4.78, 5) is 4.46. The Morgan fingerprint density at radius 2 is 1.89 bits per heavy atom. The highest BCUT2D eigenvalue weighted by Crippen LogP contribution is 2.29. The minimum atomic E-state index is 0. The van der Waals surface area contributed by atoms with Crippen molar-refractivity contribution in [3.63, 3.8) is 0 Å². The van der Waals surface area contributed by atoms with Gasteiger partial charge in [0.25, 0.3) is 0 Å². The quantitative estimate of drug-likeness (QED) is 0.595. The van der Waals surface area contributed by atoms with E-state index in [1.165, 1.54) is 19.3 Å². The highest BCUT2D eigenvalue weighted by Gasteiger charge is 2.04. The molecule has 0 atom stereocenters. The van der Waals surface area contributed by atoms with E-state index in [2.05, 4.69) is 15.5 Å². The second-order valence-corrected chi connectivity index (χ2v) is 4.96. The average molecular weight is 365 g/mol. The SMILES string of the molecule is Br.Clc1cccc(Cl)c1N/N=C/C1=NCCCCC1. The van der Waals surface area contributed by atoms with Crippen LogP contribution in [0.2, 0.25) is 10.0 Å². The van der Waals surface area contributed by atoms with Gasteiger partial charge in [0.05, 0.1) is 27.7 Å². The van der Waals surface area contributed by atoms with Gasteiger partial charge < -0.3 is 0 Å². The molecule has 19 heavy (non-hydrogen) atoms. The smallest absolute Gasteiger partial charge is 0.0934 e. The lowest BCUT2D eigenvalue weighted by molar-refractivity contribution is 0.731. The Morgan fingerprint density at radius 3 is 2.63 bits per heavy atom. The molecule has 0 bridgehead atoms. The van der Waals surface area contributed by atoms with E-state index in [0.29, 0.717) is 15.7 Å². The number of aliphatic imine (C=N–C) groups is 1. The van der Waals surface area contributed by atoms with Gasteiger partial charge in [-0.1, -0.05) is 35.7 Å². The lowest BCUT2D eigenvalue weighted by atomic mass is 10.2. The second-order valence-electron chi connectivity index (χ2n) is 4.15. The standard InChI is InChI=1S/C13H15Cl2N3.BrH/c14-11-6-4-7-12(15)13(11)18-17-9-10-5-2-1-3-8-16-10;/h4,6-7,9,18H,1-3,5,8H2;1H/b17-9+;. The maximum absolute atomic E-state index is 6.03. The fourth-order valence-corrected chi connectivity index (χ4v) is 2.26. The minimum Gasteiger partial charge on any atom is -0.288 e. The molecular weight excluding hydrogens is 349 g/mol. The van der Waals surface area contributed by atoms with E-state index >= 15 is 0 Å². The van der Waals surface area contributed by atoms with Crippen LogP contribution in [0.1, 0.15) is 25.7 Å². The summed E-state index contributed by atoms with van der Waals surface area (Å²) in [5.74, 6) is 0. The minimum absolute atomic E-state index is 0. The Kier molecular flexibility index (Phi) is 7.42. The van der Waals surface area contributed by atoms with Crippen LogP contribution in [-0.4, -0.2) is 18.5 Å². The van der Waals surface area contributed by atoms with Gasteiger partial charge in [-0.3, -0.25) is 10.4 Å². The third-order valence-electron chi connectivity index (χ3n) is 2.76. The third-order valence-corrected chi connectivity index (χ3v) is 3.39. The first kappa shape index (κ1) is 16.5. The van der Waals surface area contributed by atoms with Crippen molar-refractivity contribution in [2.75, 3.05) is 12.0 Å². The first-order chi connectivity index (χ1) is 8.77. The molecule has 1 heterocycles. The van der Waals surface area contributed by atoms with Crippen LogP contribution in [0.4, 0.5) is 5.69 Å². The molecule has 1 N–H and O–H groups in total. The Morgan fingerprint density at radius 1 is 1.16 bits per heavy atom. The Hall–Kier alpha value is -0.580. The Bertz CT molecular complexity index is 455. The van der Waals surface area contributed by atoms with Gasteiger partial charge in [0.1, 0.15) is 0 Å². The summed E-state index contributed by atoms with van der Waals surface area (Å²) in [6.45, 7) is 0.897. The summed E-state index contributed by atoms with van der Waals surface area (Å²) >= 11 is 12.1. The maximum atomic E-state index is 6.03. The zero-order valence-electron chi connectivity index (χ0n) is 10.4. The molecule has 0 amide bonds. The fourth-order valence-electron chi connectivity index (χ4n) is 1.78. The number of benzene rings is 1. The second kappa shape index (κ2) is 8.56. The van der Waals surface area contributed by atoms with E-state index in [0.717, 1.165) is 18.7 Å². The number of nitrogens with zero attached hydrogens (tertiary/aromatic N) is 2. The zero-order valence-corrected chi connectivity index (χ0v) is 13.6. The first-order valence-electron chi connectivity index (χ1n) is 6.04. The molecule has 0 saturated carbocycles. The molecule has 6 heteroatoms. The number of halogens is 3. The van der Waals surface area contributed by atoms with Gasteiger partial charge in [-0.05, 0) is 31.4 Å². The summed E-state index contributed by atoms with van der Waals surface area (Å²) in [7, 11) is 0. The number of nitrogens with one attached hydrogen (secondary N) is 1. The largest absolute Gasteiger partial charge is 0.288 e. The lowest BCUT2D eigenvalue weighted by Gasteiger charge is -2.05. The molecule has 0 fully saturated rings. The van der Waals surface area contributed by atoms with E-state index < -0.39 is 0 Å². The molecule has 3 nitrogen and oxygen atoms in total. The molecule has 0 aliphatic carbocycles. The molecule has 0 aromatic heterocycles. The van der Waals surface area contributed by atoms with Gasteiger partial charge in [-0.2, -0.15) is 5.10 Å². The lowest BCUT2D eigenvalue weighted by Crippen LogP contribution is -2.02.